The quantitative estimate of drug-likeness (QED) is 0.325. The maximum absolute atomic E-state index is 14.6. The fourth-order valence-electron chi connectivity index (χ4n) is 3.05. The lowest BCUT2D eigenvalue weighted by Crippen LogP contribution is -1.99. The summed E-state index contributed by atoms with van der Waals surface area (Å²) < 4.78 is 22.1. The van der Waals surface area contributed by atoms with Crippen molar-refractivity contribution in [2.24, 2.45) is 4.99 Å². The van der Waals surface area contributed by atoms with Crippen molar-refractivity contribution in [2.75, 3.05) is 13.2 Å². The Hall–Kier alpha value is -2.69. The third-order valence-electron chi connectivity index (χ3n) is 4.62. The average molecular weight is 381 g/mol. The molecule has 0 atom stereocenters. The molecule has 0 bridgehead atoms. The molecule has 0 saturated carbocycles. The molecule has 28 heavy (non-hydrogen) atoms. The van der Waals surface area contributed by atoms with Gasteiger partial charge in [0.05, 0.1) is 12.3 Å². The minimum atomic E-state index is -0.331. The molecule has 0 aliphatic rings. The number of unbranched alkanes of at least 4 members (excludes halogenated alkanes) is 3. The minimum Gasteiger partial charge on any atom is -0.493 e. The van der Waals surface area contributed by atoms with E-state index >= 15 is 0 Å². The molecule has 2 heterocycles. The number of aromatic nitrogens is 2. The van der Waals surface area contributed by atoms with Gasteiger partial charge in [0.1, 0.15) is 17.2 Å². The lowest BCUT2D eigenvalue weighted by molar-refractivity contribution is 0.328. The van der Waals surface area contributed by atoms with Crippen LogP contribution in [-0.2, 0) is 0 Å². The van der Waals surface area contributed by atoms with Gasteiger partial charge in [-0.05, 0) is 43.2 Å². The van der Waals surface area contributed by atoms with Crippen LogP contribution in [0.2, 0.25) is 0 Å². The summed E-state index contributed by atoms with van der Waals surface area (Å²) in [5, 5.41) is 0. The van der Waals surface area contributed by atoms with Crippen molar-refractivity contribution in [3.8, 4) is 17.0 Å². The molecule has 1 aromatic carbocycles. The van der Waals surface area contributed by atoms with Crippen molar-refractivity contribution in [3.05, 3.63) is 54.1 Å². The fourth-order valence-corrected chi connectivity index (χ4v) is 3.05. The molecule has 0 amide bonds. The summed E-state index contributed by atoms with van der Waals surface area (Å²) in [6.07, 6.45) is 11.3. The molecule has 0 radical (unpaired) electrons. The monoisotopic (exact) mass is 381 g/mol. The Kier molecular flexibility index (Phi) is 7.18. The first-order valence-electron chi connectivity index (χ1n) is 10.0. The number of fused-ring (bicyclic) bond motifs is 1. The second kappa shape index (κ2) is 10.0. The van der Waals surface area contributed by atoms with Crippen LogP contribution in [-0.4, -0.2) is 28.8 Å². The van der Waals surface area contributed by atoms with E-state index in [-0.39, 0.29) is 5.82 Å². The van der Waals surface area contributed by atoms with Crippen LogP contribution in [0.1, 0.15) is 44.6 Å². The second-order valence-electron chi connectivity index (χ2n) is 7.02. The molecule has 3 rings (SSSR count). The van der Waals surface area contributed by atoms with Crippen molar-refractivity contribution in [1.82, 2.24) is 9.38 Å². The van der Waals surface area contributed by atoms with E-state index in [1.807, 2.05) is 42.1 Å². The Labute approximate surface area is 166 Å². The van der Waals surface area contributed by atoms with Gasteiger partial charge in [-0.15, -0.1) is 0 Å². The van der Waals surface area contributed by atoms with Crippen LogP contribution in [0.4, 0.5) is 4.39 Å². The topological polar surface area (TPSA) is 38.9 Å². The molecule has 5 heteroatoms. The molecule has 0 unspecified atom stereocenters. The number of ether oxygens (including phenoxy) is 1. The molecule has 2 aromatic heterocycles. The zero-order valence-corrected chi connectivity index (χ0v) is 16.7. The van der Waals surface area contributed by atoms with Crippen LogP contribution < -0.4 is 4.74 Å². The number of halogens is 1. The number of benzene rings is 1. The van der Waals surface area contributed by atoms with Gasteiger partial charge >= 0.3 is 0 Å². The zero-order valence-electron chi connectivity index (χ0n) is 16.7. The van der Waals surface area contributed by atoms with Crippen LogP contribution in [0.25, 0.3) is 16.9 Å². The van der Waals surface area contributed by atoms with Crippen molar-refractivity contribution in [2.45, 2.75) is 46.0 Å². The standard InChI is InChI=1S/C23H28FN3O/c1-3-4-5-6-11-25-12-7-14-28-19-8-9-20(21(24)16-19)22-17-27-13-10-18(2)15-23(27)26-22/h8-10,12-13,15-17H,3-7,11,14H2,1-2H3. The highest BCUT2D eigenvalue weighted by Crippen LogP contribution is 2.26. The van der Waals surface area contributed by atoms with Gasteiger partial charge in [-0.3, -0.25) is 4.99 Å². The van der Waals surface area contributed by atoms with E-state index in [4.69, 9.17) is 4.74 Å². The lowest BCUT2D eigenvalue weighted by atomic mass is 10.1. The Morgan fingerprint density at radius 3 is 2.89 bits per heavy atom. The number of aryl methyl sites for hydroxylation is 1. The maximum Gasteiger partial charge on any atom is 0.137 e. The first kappa shape index (κ1) is 20.1. The molecule has 0 spiro atoms. The van der Waals surface area contributed by atoms with Crippen LogP contribution in [0.3, 0.4) is 0 Å². The summed E-state index contributed by atoms with van der Waals surface area (Å²) in [5.41, 5.74) is 3.02. The van der Waals surface area contributed by atoms with Crippen molar-refractivity contribution in [1.29, 1.82) is 0 Å². The first-order chi connectivity index (χ1) is 13.7. The van der Waals surface area contributed by atoms with E-state index in [0.29, 0.717) is 23.6 Å². The van der Waals surface area contributed by atoms with E-state index in [1.165, 1.54) is 25.3 Å². The Morgan fingerprint density at radius 1 is 1.18 bits per heavy atom. The lowest BCUT2D eigenvalue weighted by Gasteiger charge is -2.06. The van der Waals surface area contributed by atoms with Crippen LogP contribution in [0.15, 0.2) is 47.7 Å². The number of nitrogens with zero attached hydrogens (tertiary/aromatic N) is 3. The third-order valence-corrected chi connectivity index (χ3v) is 4.62. The number of imidazole rings is 1. The van der Waals surface area contributed by atoms with E-state index in [9.17, 15) is 4.39 Å². The van der Waals surface area contributed by atoms with E-state index in [1.54, 1.807) is 12.1 Å². The van der Waals surface area contributed by atoms with Gasteiger partial charge in [0, 0.05) is 43.2 Å². The van der Waals surface area contributed by atoms with Crippen molar-refractivity contribution in [3.63, 3.8) is 0 Å². The highest BCUT2D eigenvalue weighted by molar-refractivity contribution is 5.64. The third kappa shape index (κ3) is 5.41. The summed E-state index contributed by atoms with van der Waals surface area (Å²) >= 11 is 0. The predicted octanol–water partition coefficient (Wildman–Crippen LogP) is 5.87. The first-order valence-corrected chi connectivity index (χ1v) is 10.0. The van der Waals surface area contributed by atoms with Crippen molar-refractivity contribution >= 4 is 11.9 Å². The number of hydrogen-bond acceptors (Lipinski definition) is 3. The molecule has 0 fully saturated rings. The molecule has 0 N–H and O–H groups in total. The van der Waals surface area contributed by atoms with Crippen LogP contribution in [0.5, 0.6) is 5.75 Å². The summed E-state index contributed by atoms with van der Waals surface area (Å²) in [6, 6.07) is 8.91. The molecular formula is C23H28FN3O. The average Bonchev–Trinajstić information content (AvgIpc) is 3.09. The summed E-state index contributed by atoms with van der Waals surface area (Å²) in [6.45, 7) is 5.58. The number of pyridine rings is 1. The van der Waals surface area contributed by atoms with Crippen LogP contribution in [0, 0.1) is 12.7 Å². The van der Waals surface area contributed by atoms with Gasteiger partial charge in [0.25, 0.3) is 0 Å². The van der Waals surface area contributed by atoms with Gasteiger partial charge in [0.15, 0.2) is 0 Å². The Morgan fingerprint density at radius 2 is 2.07 bits per heavy atom. The maximum atomic E-state index is 14.6. The number of aliphatic imine (C=N–C) groups is 1. The number of hydrogen-bond donors (Lipinski definition) is 0. The predicted molar refractivity (Wildman–Crippen MR) is 113 cm³/mol. The normalized spacial score (nSPS) is 11.5. The summed E-state index contributed by atoms with van der Waals surface area (Å²) in [7, 11) is 0. The van der Waals surface area contributed by atoms with Gasteiger partial charge in [-0.25, -0.2) is 9.37 Å². The van der Waals surface area contributed by atoms with Crippen molar-refractivity contribution < 1.29 is 9.13 Å². The molecule has 0 aliphatic carbocycles. The highest BCUT2D eigenvalue weighted by atomic mass is 19.1. The molecule has 148 valence electrons. The minimum absolute atomic E-state index is 0.331. The molecule has 4 nitrogen and oxygen atoms in total. The Bertz CT molecular complexity index is 933. The van der Waals surface area contributed by atoms with E-state index in [0.717, 1.165) is 30.6 Å². The largest absolute Gasteiger partial charge is 0.493 e. The molecule has 0 saturated heterocycles. The van der Waals surface area contributed by atoms with E-state index in [2.05, 4.69) is 16.9 Å². The molecular weight excluding hydrogens is 353 g/mol. The fraction of sp³-hybridized carbons (Fsp3) is 0.391. The molecule has 3 aromatic rings. The second-order valence-corrected chi connectivity index (χ2v) is 7.02. The number of rotatable bonds is 10. The molecule has 0 aliphatic heterocycles. The van der Waals surface area contributed by atoms with Gasteiger partial charge in [-0.1, -0.05) is 26.2 Å². The summed E-state index contributed by atoms with van der Waals surface area (Å²) in [5.74, 6) is 0.194. The highest BCUT2D eigenvalue weighted by Gasteiger charge is 2.11. The van der Waals surface area contributed by atoms with Gasteiger partial charge < -0.3 is 9.14 Å². The van der Waals surface area contributed by atoms with Gasteiger partial charge in [0.2, 0.25) is 0 Å². The summed E-state index contributed by atoms with van der Waals surface area (Å²) in [4.78, 5) is 8.90. The van der Waals surface area contributed by atoms with Gasteiger partial charge in [-0.2, -0.15) is 0 Å². The van der Waals surface area contributed by atoms with E-state index < -0.39 is 0 Å². The zero-order chi connectivity index (χ0) is 19.8. The Balaban J connectivity index is 1.53. The smallest absolute Gasteiger partial charge is 0.137 e. The SMILES string of the molecule is CCCCCCN=CCCOc1ccc(-c2cn3ccc(C)cc3n2)c(F)c1. The van der Waals surface area contributed by atoms with Crippen LogP contribution >= 0.6 is 0 Å².